The Balaban J connectivity index is 2.36. The molecule has 0 bridgehead atoms. The second-order valence-corrected chi connectivity index (χ2v) is 5.91. The molecular weight excluding hydrogens is 238 g/mol. The van der Waals surface area contributed by atoms with E-state index in [2.05, 4.69) is 68.7 Å². The minimum atomic E-state index is -0.0698. The van der Waals surface area contributed by atoms with Gasteiger partial charge in [-0.2, -0.15) is 12.6 Å². The van der Waals surface area contributed by atoms with Gasteiger partial charge in [0.2, 0.25) is 0 Å². The summed E-state index contributed by atoms with van der Waals surface area (Å²) in [5, 5.41) is 0.275. The van der Waals surface area contributed by atoms with Crippen LogP contribution in [0.25, 0.3) is 0 Å². The van der Waals surface area contributed by atoms with Gasteiger partial charge in [-0.3, -0.25) is 4.98 Å². The summed E-state index contributed by atoms with van der Waals surface area (Å²) in [5.41, 5.74) is 3.55. The van der Waals surface area contributed by atoms with E-state index in [1.807, 2.05) is 18.3 Å². The second kappa shape index (κ2) is 5.15. The number of rotatable bonds is 3. The van der Waals surface area contributed by atoms with Crippen LogP contribution in [0.5, 0.6) is 0 Å². The van der Waals surface area contributed by atoms with E-state index >= 15 is 0 Å². The van der Waals surface area contributed by atoms with E-state index in [0.717, 1.165) is 5.69 Å². The lowest BCUT2D eigenvalue weighted by Crippen LogP contribution is -2.20. The maximum absolute atomic E-state index is 4.47. The molecule has 1 atom stereocenters. The molecule has 0 aliphatic rings. The highest BCUT2D eigenvalue weighted by Gasteiger charge is 2.24. The Hall–Kier alpha value is -1.28. The number of nitrogens with zero attached hydrogens (tertiary/aromatic N) is 1. The van der Waals surface area contributed by atoms with Crippen LogP contribution >= 0.6 is 12.6 Å². The minimum absolute atomic E-state index is 0.0698. The van der Waals surface area contributed by atoms with Gasteiger partial charge >= 0.3 is 0 Å². The normalized spacial score (nSPS) is 13.3. The Labute approximate surface area is 115 Å². The monoisotopic (exact) mass is 257 g/mol. The summed E-state index contributed by atoms with van der Waals surface area (Å²) < 4.78 is 0. The molecule has 0 radical (unpaired) electrons. The van der Waals surface area contributed by atoms with Gasteiger partial charge in [-0.25, -0.2) is 0 Å². The van der Waals surface area contributed by atoms with Gasteiger partial charge in [0.1, 0.15) is 0 Å². The van der Waals surface area contributed by atoms with Crippen LogP contribution in [-0.4, -0.2) is 4.98 Å². The summed E-state index contributed by atoms with van der Waals surface area (Å²) in [6.07, 6.45) is 1.85. The molecule has 0 spiro atoms. The van der Waals surface area contributed by atoms with Crippen molar-refractivity contribution >= 4 is 12.6 Å². The third-order valence-corrected chi connectivity index (χ3v) is 3.72. The maximum Gasteiger partial charge on any atom is 0.0503 e. The summed E-state index contributed by atoms with van der Waals surface area (Å²) >= 11 is 4.45. The number of aromatic nitrogens is 1. The van der Waals surface area contributed by atoms with Crippen molar-refractivity contribution in [3.8, 4) is 0 Å². The van der Waals surface area contributed by atoms with Crippen LogP contribution < -0.4 is 0 Å². The molecule has 2 aromatic rings. The van der Waals surface area contributed by atoms with Crippen LogP contribution in [0.2, 0.25) is 0 Å². The Morgan fingerprint density at radius 1 is 1.06 bits per heavy atom. The van der Waals surface area contributed by atoms with Crippen molar-refractivity contribution < 1.29 is 0 Å². The van der Waals surface area contributed by atoms with Gasteiger partial charge in [0.15, 0.2) is 0 Å². The number of thiol groups is 1. The Kier molecular flexibility index (Phi) is 3.76. The number of hydrogen-bond acceptors (Lipinski definition) is 2. The van der Waals surface area contributed by atoms with E-state index in [1.54, 1.807) is 0 Å². The highest BCUT2D eigenvalue weighted by atomic mass is 32.1. The lowest BCUT2D eigenvalue weighted by molar-refractivity contribution is 0.616. The summed E-state index contributed by atoms with van der Waals surface area (Å²) in [7, 11) is 0. The highest BCUT2D eigenvalue weighted by Crippen LogP contribution is 2.31. The molecule has 2 heteroatoms. The molecule has 0 N–H and O–H groups in total. The maximum atomic E-state index is 4.47. The molecule has 18 heavy (non-hydrogen) atoms. The van der Waals surface area contributed by atoms with E-state index < -0.39 is 0 Å². The Bertz CT molecular complexity index is 500. The van der Waals surface area contributed by atoms with E-state index in [0.29, 0.717) is 0 Å². The SMILES string of the molecule is CC(S)c1ccc(C(C)(C)c2ccccn2)cc1. The molecular formula is C16H19NS. The molecule has 1 aromatic heterocycles. The lowest BCUT2D eigenvalue weighted by atomic mass is 9.81. The van der Waals surface area contributed by atoms with Crippen LogP contribution in [0.1, 0.15) is 42.8 Å². The minimum Gasteiger partial charge on any atom is -0.260 e. The first-order valence-electron chi connectivity index (χ1n) is 6.22. The lowest BCUT2D eigenvalue weighted by Gasteiger charge is -2.25. The van der Waals surface area contributed by atoms with Crippen molar-refractivity contribution in [2.24, 2.45) is 0 Å². The molecule has 1 nitrogen and oxygen atoms in total. The van der Waals surface area contributed by atoms with Crippen molar-refractivity contribution in [1.82, 2.24) is 4.98 Å². The average molecular weight is 257 g/mol. The summed E-state index contributed by atoms with van der Waals surface area (Å²) in [6.45, 7) is 6.49. The Morgan fingerprint density at radius 2 is 1.72 bits per heavy atom. The van der Waals surface area contributed by atoms with Gasteiger partial charge in [-0.1, -0.05) is 44.2 Å². The van der Waals surface area contributed by atoms with Crippen LogP contribution in [-0.2, 0) is 5.41 Å². The van der Waals surface area contributed by atoms with Crippen molar-refractivity contribution in [2.45, 2.75) is 31.4 Å². The molecule has 2 rings (SSSR count). The third kappa shape index (κ3) is 2.59. The van der Waals surface area contributed by atoms with Gasteiger partial charge in [0.25, 0.3) is 0 Å². The van der Waals surface area contributed by atoms with Crippen LogP contribution in [0.15, 0.2) is 48.7 Å². The molecule has 0 amide bonds. The zero-order valence-electron chi connectivity index (χ0n) is 11.1. The largest absolute Gasteiger partial charge is 0.260 e. The van der Waals surface area contributed by atoms with Gasteiger partial charge in [0.05, 0.1) is 5.69 Å². The van der Waals surface area contributed by atoms with Crippen molar-refractivity contribution in [3.05, 3.63) is 65.5 Å². The topological polar surface area (TPSA) is 12.9 Å². The number of benzene rings is 1. The summed E-state index contributed by atoms with van der Waals surface area (Å²) in [6, 6.07) is 14.7. The quantitative estimate of drug-likeness (QED) is 0.804. The molecule has 0 saturated heterocycles. The fourth-order valence-electron chi connectivity index (χ4n) is 2.06. The molecule has 0 fully saturated rings. The van der Waals surface area contributed by atoms with Crippen LogP contribution in [0.3, 0.4) is 0 Å². The molecule has 1 unspecified atom stereocenters. The molecule has 1 aromatic carbocycles. The first-order chi connectivity index (χ1) is 8.51. The van der Waals surface area contributed by atoms with Gasteiger partial charge < -0.3 is 0 Å². The fraction of sp³-hybridized carbons (Fsp3) is 0.312. The summed E-state index contributed by atoms with van der Waals surface area (Å²) in [4.78, 5) is 4.47. The van der Waals surface area contributed by atoms with Crippen molar-refractivity contribution in [3.63, 3.8) is 0 Å². The van der Waals surface area contributed by atoms with Gasteiger partial charge in [-0.15, -0.1) is 0 Å². The Morgan fingerprint density at radius 3 is 2.22 bits per heavy atom. The van der Waals surface area contributed by atoms with Crippen molar-refractivity contribution in [1.29, 1.82) is 0 Å². The van der Waals surface area contributed by atoms with E-state index in [1.165, 1.54) is 11.1 Å². The van der Waals surface area contributed by atoms with Crippen molar-refractivity contribution in [2.75, 3.05) is 0 Å². The van der Waals surface area contributed by atoms with E-state index in [9.17, 15) is 0 Å². The van der Waals surface area contributed by atoms with E-state index in [-0.39, 0.29) is 10.7 Å². The highest BCUT2D eigenvalue weighted by molar-refractivity contribution is 7.80. The van der Waals surface area contributed by atoms with Crippen LogP contribution in [0.4, 0.5) is 0 Å². The second-order valence-electron chi connectivity index (χ2n) is 5.14. The molecule has 94 valence electrons. The first-order valence-corrected chi connectivity index (χ1v) is 6.73. The number of hydrogen-bond donors (Lipinski definition) is 1. The molecule has 0 aliphatic carbocycles. The standard InChI is InChI=1S/C16H19NS/c1-12(18)13-7-9-14(10-8-13)16(2,3)15-6-4-5-11-17-15/h4-12,18H,1-3H3. The first kappa shape index (κ1) is 13.2. The fourth-order valence-corrected chi connectivity index (χ4v) is 2.23. The van der Waals surface area contributed by atoms with Gasteiger partial charge in [-0.05, 0) is 30.2 Å². The molecule has 1 heterocycles. The smallest absolute Gasteiger partial charge is 0.0503 e. The summed E-state index contributed by atoms with van der Waals surface area (Å²) in [5.74, 6) is 0. The predicted molar refractivity (Wildman–Crippen MR) is 80.2 cm³/mol. The predicted octanol–water partition coefficient (Wildman–Crippen LogP) is 4.40. The molecule has 0 saturated carbocycles. The van der Waals surface area contributed by atoms with E-state index in [4.69, 9.17) is 0 Å². The zero-order valence-corrected chi connectivity index (χ0v) is 12.0. The van der Waals surface area contributed by atoms with Crippen LogP contribution in [0, 0.1) is 0 Å². The van der Waals surface area contributed by atoms with Gasteiger partial charge in [0, 0.05) is 16.9 Å². The number of pyridine rings is 1. The third-order valence-electron chi connectivity index (χ3n) is 3.42. The molecule has 0 aliphatic heterocycles. The zero-order chi connectivity index (χ0) is 13.2. The average Bonchev–Trinajstić information content (AvgIpc) is 2.40.